The summed E-state index contributed by atoms with van der Waals surface area (Å²) in [5.74, 6) is -2.11. The van der Waals surface area contributed by atoms with Crippen LogP contribution in [0.3, 0.4) is 0 Å². The topological polar surface area (TPSA) is 131 Å². The van der Waals surface area contributed by atoms with Crippen LogP contribution in [0.2, 0.25) is 0 Å². The second-order valence-electron chi connectivity index (χ2n) is 4.88. The van der Waals surface area contributed by atoms with E-state index in [2.05, 4.69) is 0 Å². The number of aliphatic hydroxyl groups excluding tert-OH is 1. The van der Waals surface area contributed by atoms with Gasteiger partial charge in [0, 0.05) is 18.6 Å². The minimum Gasteiger partial charge on any atom is -0.512 e. The van der Waals surface area contributed by atoms with Gasteiger partial charge in [-0.1, -0.05) is 0 Å². The predicted octanol–water partition coefficient (Wildman–Crippen LogP) is 2.36. The summed E-state index contributed by atoms with van der Waals surface area (Å²) < 4.78 is 4.90. The second-order valence-corrected chi connectivity index (χ2v) is 4.88. The van der Waals surface area contributed by atoms with Gasteiger partial charge in [-0.05, 0) is 23.8 Å². The second kappa shape index (κ2) is 6.27. The molecule has 0 atom stereocenters. The van der Waals surface area contributed by atoms with Gasteiger partial charge in [-0.3, -0.25) is 0 Å². The molecule has 122 valence electrons. The molecule has 0 unspecified atom stereocenters. The standard InChI is InChI=1S/C16H16O7/c1-23-15-4-8(3-14(21)16(15)22)2-9(17)5-11-12(19)6-10(18)7-13(11)20/h3-7,17-22H,2H2,1H3/b9-5+. The lowest BCUT2D eigenvalue weighted by Crippen LogP contribution is -1.93. The number of phenolic OH excluding ortho intramolecular Hbond substituents is 5. The molecule has 0 aliphatic heterocycles. The minimum absolute atomic E-state index is 0.0446. The van der Waals surface area contributed by atoms with Gasteiger partial charge in [0.2, 0.25) is 5.75 Å². The third-order valence-electron chi connectivity index (χ3n) is 3.15. The number of aromatic hydroxyl groups is 5. The Balaban J connectivity index is 2.32. The van der Waals surface area contributed by atoms with Gasteiger partial charge in [0.05, 0.1) is 18.4 Å². The molecule has 2 rings (SSSR count). The zero-order chi connectivity index (χ0) is 17.1. The zero-order valence-electron chi connectivity index (χ0n) is 12.2. The molecule has 6 N–H and O–H groups in total. The highest BCUT2D eigenvalue weighted by atomic mass is 16.5. The molecular weight excluding hydrogens is 304 g/mol. The maximum atomic E-state index is 9.99. The average Bonchev–Trinajstić information content (AvgIpc) is 2.46. The summed E-state index contributed by atoms with van der Waals surface area (Å²) in [4.78, 5) is 0. The van der Waals surface area contributed by atoms with Crippen LogP contribution >= 0.6 is 0 Å². The number of phenols is 5. The summed E-state index contributed by atoms with van der Waals surface area (Å²) in [5, 5.41) is 57.7. The summed E-state index contributed by atoms with van der Waals surface area (Å²) in [5.41, 5.74) is 0.374. The number of ether oxygens (including phenoxy) is 1. The van der Waals surface area contributed by atoms with Gasteiger partial charge in [-0.2, -0.15) is 0 Å². The van der Waals surface area contributed by atoms with Crippen molar-refractivity contribution in [3.8, 4) is 34.5 Å². The SMILES string of the molecule is COc1cc(C/C(O)=C\c2c(O)cc(O)cc2O)cc(O)c1O. The van der Waals surface area contributed by atoms with Crippen molar-refractivity contribution in [1.82, 2.24) is 0 Å². The van der Waals surface area contributed by atoms with Crippen molar-refractivity contribution < 1.29 is 35.4 Å². The number of hydrogen-bond donors (Lipinski definition) is 6. The quantitative estimate of drug-likeness (QED) is 0.376. The zero-order valence-corrected chi connectivity index (χ0v) is 12.2. The molecular formula is C16H16O7. The Morgan fingerprint density at radius 2 is 1.57 bits per heavy atom. The van der Waals surface area contributed by atoms with Crippen LogP contribution in [-0.4, -0.2) is 37.7 Å². The first kappa shape index (κ1) is 16.2. The highest BCUT2D eigenvalue weighted by molar-refractivity contribution is 5.66. The molecule has 0 amide bonds. The molecule has 0 spiro atoms. The van der Waals surface area contributed by atoms with Crippen LogP contribution in [0.5, 0.6) is 34.5 Å². The van der Waals surface area contributed by atoms with Gasteiger partial charge < -0.3 is 35.4 Å². The van der Waals surface area contributed by atoms with Crippen molar-refractivity contribution in [1.29, 1.82) is 0 Å². The number of rotatable bonds is 4. The van der Waals surface area contributed by atoms with Crippen LogP contribution in [0.15, 0.2) is 30.0 Å². The van der Waals surface area contributed by atoms with E-state index >= 15 is 0 Å². The Hall–Kier alpha value is -3.22. The molecule has 7 heteroatoms. The van der Waals surface area contributed by atoms with Crippen LogP contribution in [0, 0.1) is 0 Å². The fourth-order valence-electron chi connectivity index (χ4n) is 2.09. The predicted molar refractivity (Wildman–Crippen MR) is 82.1 cm³/mol. The van der Waals surface area contributed by atoms with Crippen molar-refractivity contribution in [3.05, 3.63) is 41.2 Å². The molecule has 0 bridgehead atoms. The lowest BCUT2D eigenvalue weighted by atomic mass is 10.1. The highest BCUT2D eigenvalue weighted by Crippen LogP contribution is 2.37. The maximum absolute atomic E-state index is 9.99. The molecule has 0 radical (unpaired) electrons. The summed E-state index contributed by atoms with van der Waals surface area (Å²) >= 11 is 0. The molecule has 7 nitrogen and oxygen atoms in total. The van der Waals surface area contributed by atoms with E-state index in [0.717, 1.165) is 18.2 Å². The van der Waals surface area contributed by atoms with E-state index < -0.39 is 23.0 Å². The lowest BCUT2D eigenvalue weighted by Gasteiger charge is -2.09. The molecule has 0 saturated carbocycles. The Labute approximate surface area is 131 Å². The fraction of sp³-hybridized carbons (Fsp3) is 0.125. The highest BCUT2D eigenvalue weighted by Gasteiger charge is 2.12. The molecule has 0 aliphatic rings. The average molecular weight is 320 g/mol. The Bertz CT molecular complexity index is 742. The van der Waals surface area contributed by atoms with Gasteiger partial charge in [0.25, 0.3) is 0 Å². The summed E-state index contributed by atoms with van der Waals surface area (Å²) in [7, 11) is 1.32. The van der Waals surface area contributed by atoms with Crippen molar-refractivity contribution in [2.75, 3.05) is 7.11 Å². The van der Waals surface area contributed by atoms with Gasteiger partial charge in [-0.25, -0.2) is 0 Å². The van der Waals surface area contributed by atoms with E-state index in [0.29, 0.717) is 5.56 Å². The maximum Gasteiger partial charge on any atom is 0.200 e. The van der Waals surface area contributed by atoms with Crippen molar-refractivity contribution in [3.63, 3.8) is 0 Å². The van der Waals surface area contributed by atoms with Gasteiger partial charge >= 0.3 is 0 Å². The molecule has 0 aromatic heterocycles. The first-order chi connectivity index (χ1) is 10.8. The largest absolute Gasteiger partial charge is 0.512 e. The third kappa shape index (κ3) is 3.52. The van der Waals surface area contributed by atoms with Crippen molar-refractivity contribution in [2.45, 2.75) is 6.42 Å². The summed E-state index contributed by atoms with van der Waals surface area (Å²) in [6.45, 7) is 0. The van der Waals surface area contributed by atoms with E-state index in [4.69, 9.17) is 4.74 Å². The van der Waals surface area contributed by atoms with Crippen molar-refractivity contribution in [2.24, 2.45) is 0 Å². The smallest absolute Gasteiger partial charge is 0.200 e. The molecule has 0 aliphatic carbocycles. The fourth-order valence-corrected chi connectivity index (χ4v) is 2.09. The number of benzene rings is 2. The van der Waals surface area contributed by atoms with Crippen molar-refractivity contribution >= 4 is 6.08 Å². The number of allylic oxidation sites excluding steroid dienone is 1. The van der Waals surface area contributed by atoms with E-state index in [-0.39, 0.29) is 29.2 Å². The van der Waals surface area contributed by atoms with Crippen LogP contribution in [-0.2, 0) is 6.42 Å². The Morgan fingerprint density at radius 3 is 2.13 bits per heavy atom. The van der Waals surface area contributed by atoms with E-state index in [1.165, 1.54) is 19.2 Å². The van der Waals surface area contributed by atoms with E-state index in [9.17, 15) is 30.6 Å². The Kier molecular flexibility index (Phi) is 4.40. The normalized spacial score (nSPS) is 11.4. The van der Waals surface area contributed by atoms with E-state index in [1.807, 2.05) is 0 Å². The van der Waals surface area contributed by atoms with Crippen LogP contribution < -0.4 is 4.74 Å². The minimum atomic E-state index is -0.409. The van der Waals surface area contributed by atoms with Crippen LogP contribution in [0.1, 0.15) is 11.1 Å². The number of aliphatic hydroxyl groups is 1. The van der Waals surface area contributed by atoms with E-state index in [1.54, 1.807) is 0 Å². The van der Waals surface area contributed by atoms with Crippen LogP contribution in [0.25, 0.3) is 6.08 Å². The molecule has 2 aromatic carbocycles. The van der Waals surface area contributed by atoms with Gasteiger partial charge in [0.1, 0.15) is 17.2 Å². The van der Waals surface area contributed by atoms with Gasteiger partial charge in [-0.15, -0.1) is 0 Å². The third-order valence-corrected chi connectivity index (χ3v) is 3.15. The summed E-state index contributed by atoms with van der Waals surface area (Å²) in [6, 6.07) is 4.72. The monoisotopic (exact) mass is 320 g/mol. The summed E-state index contributed by atoms with van der Waals surface area (Å²) in [6.07, 6.45) is 1.07. The first-order valence-corrected chi connectivity index (χ1v) is 6.55. The van der Waals surface area contributed by atoms with Crippen LogP contribution in [0.4, 0.5) is 0 Å². The van der Waals surface area contributed by atoms with Gasteiger partial charge in [0.15, 0.2) is 11.5 Å². The Morgan fingerprint density at radius 1 is 0.957 bits per heavy atom. The molecule has 0 heterocycles. The lowest BCUT2D eigenvalue weighted by molar-refractivity contribution is 0.349. The molecule has 0 saturated heterocycles. The molecule has 23 heavy (non-hydrogen) atoms. The molecule has 2 aromatic rings. The molecule has 0 fully saturated rings. The first-order valence-electron chi connectivity index (χ1n) is 6.55. The number of hydrogen-bond acceptors (Lipinski definition) is 7. The number of methoxy groups -OCH3 is 1.